The van der Waals surface area contributed by atoms with Gasteiger partial charge >= 0.3 is 0 Å². The summed E-state index contributed by atoms with van der Waals surface area (Å²) in [5.41, 5.74) is 2.47. The maximum Gasteiger partial charge on any atom is 0.124 e. The zero-order valence-corrected chi connectivity index (χ0v) is 12.2. The topological polar surface area (TPSA) is 30.5 Å². The van der Waals surface area contributed by atoms with Crippen LogP contribution in [0.3, 0.4) is 0 Å². The third kappa shape index (κ3) is 3.95. The van der Waals surface area contributed by atoms with E-state index in [0.29, 0.717) is 12.6 Å². The van der Waals surface area contributed by atoms with Crippen molar-refractivity contribution >= 4 is 0 Å². The number of benzene rings is 1. The molecule has 1 aliphatic rings. The number of ether oxygens (including phenoxy) is 2. The van der Waals surface area contributed by atoms with Crippen LogP contribution in [0, 0.1) is 6.92 Å². The van der Waals surface area contributed by atoms with Crippen molar-refractivity contribution in [3.8, 4) is 5.75 Å². The molecule has 1 fully saturated rings. The maximum atomic E-state index is 6.17. The molecule has 1 heterocycles. The number of rotatable bonds is 5. The number of aryl methyl sites for hydroxylation is 1. The Morgan fingerprint density at radius 3 is 3.00 bits per heavy atom. The van der Waals surface area contributed by atoms with Crippen molar-refractivity contribution in [1.29, 1.82) is 0 Å². The van der Waals surface area contributed by atoms with Crippen molar-refractivity contribution in [1.82, 2.24) is 5.32 Å². The maximum absolute atomic E-state index is 6.17. The highest BCUT2D eigenvalue weighted by Gasteiger charge is 2.18. The summed E-state index contributed by atoms with van der Waals surface area (Å²) in [7, 11) is 0. The average Bonchev–Trinajstić information content (AvgIpc) is 2.40. The SMILES string of the molecule is CCNC(C)c1ccc(C)cc1OC1CCCOC1. The van der Waals surface area contributed by atoms with E-state index in [1.54, 1.807) is 0 Å². The van der Waals surface area contributed by atoms with Crippen LogP contribution in [0.2, 0.25) is 0 Å². The number of hydrogen-bond donors (Lipinski definition) is 1. The monoisotopic (exact) mass is 263 g/mol. The molecule has 3 heteroatoms. The van der Waals surface area contributed by atoms with Gasteiger partial charge in [0.1, 0.15) is 11.9 Å². The predicted octanol–water partition coefficient (Wildman–Crippen LogP) is 3.22. The summed E-state index contributed by atoms with van der Waals surface area (Å²) in [5, 5.41) is 3.45. The van der Waals surface area contributed by atoms with E-state index in [4.69, 9.17) is 9.47 Å². The summed E-state index contributed by atoms with van der Waals surface area (Å²) in [5.74, 6) is 1.00. The van der Waals surface area contributed by atoms with Crippen LogP contribution in [0.15, 0.2) is 18.2 Å². The molecule has 0 aliphatic carbocycles. The molecule has 0 spiro atoms. The first kappa shape index (κ1) is 14.4. The van der Waals surface area contributed by atoms with Gasteiger partial charge in [-0.1, -0.05) is 19.1 Å². The number of hydrogen-bond acceptors (Lipinski definition) is 3. The van der Waals surface area contributed by atoms with Gasteiger partial charge in [-0.3, -0.25) is 0 Å². The van der Waals surface area contributed by atoms with Gasteiger partial charge in [0, 0.05) is 18.2 Å². The second-order valence-electron chi connectivity index (χ2n) is 5.28. The standard InChI is InChI=1S/C16H25NO2/c1-4-17-13(3)15-8-7-12(2)10-16(15)19-14-6-5-9-18-11-14/h7-8,10,13-14,17H,4-6,9,11H2,1-3H3. The van der Waals surface area contributed by atoms with Crippen LogP contribution >= 0.6 is 0 Å². The highest BCUT2D eigenvalue weighted by molar-refractivity contribution is 5.39. The Kier molecular flexibility index (Phi) is 5.23. The van der Waals surface area contributed by atoms with E-state index >= 15 is 0 Å². The second-order valence-corrected chi connectivity index (χ2v) is 5.28. The highest BCUT2D eigenvalue weighted by atomic mass is 16.5. The van der Waals surface area contributed by atoms with E-state index in [9.17, 15) is 0 Å². The van der Waals surface area contributed by atoms with E-state index in [2.05, 4.69) is 44.3 Å². The average molecular weight is 263 g/mol. The summed E-state index contributed by atoms with van der Waals surface area (Å²) in [6, 6.07) is 6.76. The lowest BCUT2D eigenvalue weighted by molar-refractivity contribution is 0.00685. The third-order valence-electron chi connectivity index (χ3n) is 3.56. The molecular weight excluding hydrogens is 238 g/mol. The lowest BCUT2D eigenvalue weighted by atomic mass is 10.0. The van der Waals surface area contributed by atoms with Gasteiger partial charge in [0.2, 0.25) is 0 Å². The van der Waals surface area contributed by atoms with Crippen LogP contribution in [-0.4, -0.2) is 25.9 Å². The molecule has 0 radical (unpaired) electrons. The Morgan fingerprint density at radius 2 is 2.32 bits per heavy atom. The fraction of sp³-hybridized carbons (Fsp3) is 0.625. The highest BCUT2D eigenvalue weighted by Crippen LogP contribution is 2.28. The molecule has 0 amide bonds. The lowest BCUT2D eigenvalue weighted by Gasteiger charge is -2.26. The summed E-state index contributed by atoms with van der Waals surface area (Å²) in [4.78, 5) is 0. The van der Waals surface area contributed by atoms with Gasteiger partial charge in [-0.25, -0.2) is 0 Å². The van der Waals surface area contributed by atoms with Crippen molar-refractivity contribution in [3.05, 3.63) is 29.3 Å². The van der Waals surface area contributed by atoms with Crippen LogP contribution in [0.25, 0.3) is 0 Å². The minimum absolute atomic E-state index is 0.197. The fourth-order valence-electron chi connectivity index (χ4n) is 2.50. The van der Waals surface area contributed by atoms with E-state index in [0.717, 1.165) is 31.7 Å². The molecule has 2 rings (SSSR count). The first-order chi connectivity index (χ1) is 9.20. The second kappa shape index (κ2) is 6.92. The van der Waals surface area contributed by atoms with E-state index in [1.165, 1.54) is 11.1 Å². The Hall–Kier alpha value is -1.06. The first-order valence-corrected chi connectivity index (χ1v) is 7.29. The van der Waals surface area contributed by atoms with Crippen LogP contribution in [0.4, 0.5) is 0 Å². The molecule has 3 nitrogen and oxygen atoms in total. The zero-order chi connectivity index (χ0) is 13.7. The quantitative estimate of drug-likeness (QED) is 0.884. The van der Waals surface area contributed by atoms with Crippen molar-refractivity contribution in [3.63, 3.8) is 0 Å². The number of nitrogens with one attached hydrogen (secondary N) is 1. The molecule has 19 heavy (non-hydrogen) atoms. The van der Waals surface area contributed by atoms with Gasteiger partial charge in [-0.15, -0.1) is 0 Å². The molecule has 1 N–H and O–H groups in total. The first-order valence-electron chi connectivity index (χ1n) is 7.29. The lowest BCUT2D eigenvalue weighted by Crippen LogP contribution is -2.29. The predicted molar refractivity (Wildman–Crippen MR) is 77.7 cm³/mol. The molecule has 1 aromatic carbocycles. The molecular formula is C16H25NO2. The van der Waals surface area contributed by atoms with Gasteiger partial charge in [0.25, 0.3) is 0 Å². The van der Waals surface area contributed by atoms with Gasteiger partial charge in [-0.2, -0.15) is 0 Å². The molecule has 2 unspecified atom stereocenters. The molecule has 106 valence electrons. The molecule has 1 aliphatic heterocycles. The van der Waals surface area contributed by atoms with Crippen LogP contribution in [0.5, 0.6) is 5.75 Å². The zero-order valence-electron chi connectivity index (χ0n) is 12.2. The van der Waals surface area contributed by atoms with Crippen molar-refractivity contribution < 1.29 is 9.47 Å². The van der Waals surface area contributed by atoms with Gasteiger partial charge in [0.15, 0.2) is 0 Å². The van der Waals surface area contributed by atoms with Crippen molar-refractivity contribution in [2.45, 2.75) is 45.8 Å². The molecule has 1 saturated heterocycles. The minimum atomic E-state index is 0.197. The molecule has 0 aromatic heterocycles. The summed E-state index contributed by atoms with van der Waals surface area (Å²) >= 11 is 0. The summed E-state index contributed by atoms with van der Waals surface area (Å²) in [6.07, 6.45) is 2.38. The third-order valence-corrected chi connectivity index (χ3v) is 3.56. The Labute approximate surface area is 116 Å². The van der Waals surface area contributed by atoms with Gasteiger partial charge < -0.3 is 14.8 Å². The van der Waals surface area contributed by atoms with Gasteiger partial charge in [-0.05, 0) is 44.9 Å². The fourth-order valence-corrected chi connectivity index (χ4v) is 2.50. The molecule has 0 saturated carbocycles. The smallest absolute Gasteiger partial charge is 0.124 e. The van der Waals surface area contributed by atoms with Gasteiger partial charge in [0.05, 0.1) is 6.61 Å². The summed E-state index contributed by atoms with van der Waals surface area (Å²) < 4.78 is 11.7. The van der Waals surface area contributed by atoms with Crippen molar-refractivity contribution in [2.24, 2.45) is 0 Å². The molecule has 0 bridgehead atoms. The minimum Gasteiger partial charge on any atom is -0.488 e. The van der Waals surface area contributed by atoms with Crippen LogP contribution < -0.4 is 10.1 Å². The largest absolute Gasteiger partial charge is 0.488 e. The van der Waals surface area contributed by atoms with Crippen LogP contribution in [0.1, 0.15) is 43.9 Å². The van der Waals surface area contributed by atoms with Crippen LogP contribution in [-0.2, 0) is 4.74 Å². The van der Waals surface area contributed by atoms with Crippen molar-refractivity contribution in [2.75, 3.05) is 19.8 Å². The van der Waals surface area contributed by atoms with E-state index in [-0.39, 0.29) is 6.10 Å². The molecule has 1 aromatic rings. The Bertz CT molecular complexity index is 400. The molecule has 2 atom stereocenters. The normalized spacial score (nSPS) is 21.1. The Morgan fingerprint density at radius 1 is 1.47 bits per heavy atom. The van der Waals surface area contributed by atoms with E-state index < -0.39 is 0 Å². The van der Waals surface area contributed by atoms with E-state index in [1.807, 2.05) is 0 Å². The summed E-state index contributed by atoms with van der Waals surface area (Å²) in [6.45, 7) is 8.95. The Balaban J connectivity index is 2.14.